The van der Waals surface area contributed by atoms with E-state index in [-0.39, 0.29) is 11.5 Å². The van der Waals surface area contributed by atoms with Crippen molar-refractivity contribution in [2.45, 2.75) is 0 Å². The Morgan fingerprint density at radius 3 is 2.50 bits per heavy atom. The molecule has 2 N–H and O–H groups in total. The van der Waals surface area contributed by atoms with Crippen LogP contribution in [-0.2, 0) is 11.5 Å². The van der Waals surface area contributed by atoms with Crippen LogP contribution in [0.25, 0.3) is 0 Å². The molecule has 8 heavy (non-hydrogen) atoms. The van der Waals surface area contributed by atoms with Crippen LogP contribution >= 0.6 is 11.8 Å². The van der Waals surface area contributed by atoms with E-state index < -0.39 is 0 Å². The average Bonchev–Trinajstić information content (AvgIpc) is 2.17. The number of thioether (sulfide) groups is 1. The van der Waals surface area contributed by atoms with Gasteiger partial charge in [-0.3, -0.25) is 0 Å². The molecule has 0 spiro atoms. The van der Waals surface area contributed by atoms with Gasteiger partial charge in [-0.15, -0.1) is 11.8 Å². The topological polar surface area (TPSA) is 53.0 Å². The van der Waals surface area contributed by atoms with Gasteiger partial charge < -0.3 is 5.32 Å². The van der Waals surface area contributed by atoms with E-state index in [0.717, 1.165) is 0 Å². The van der Waals surface area contributed by atoms with Gasteiger partial charge in [-0.1, -0.05) is 0 Å². The van der Waals surface area contributed by atoms with E-state index in [1.807, 2.05) is 11.8 Å². The maximum absolute atomic E-state index is 8.51. The second kappa shape index (κ2) is 7.13. The number of hydrogen-bond acceptors (Lipinski definition) is 4. The van der Waals surface area contributed by atoms with Crippen molar-refractivity contribution in [3.05, 3.63) is 0 Å². The minimum absolute atomic E-state index is 0.250. The van der Waals surface area contributed by atoms with E-state index in [2.05, 4.69) is 5.32 Å². The van der Waals surface area contributed by atoms with Crippen LogP contribution in [0.5, 0.6) is 0 Å². The van der Waals surface area contributed by atoms with Gasteiger partial charge in [0.15, 0.2) is 11.5 Å². The predicted octanol–water partition coefficient (Wildman–Crippen LogP) is 0.242. The lowest BCUT2D eigenvalue weighted by molar-refractivity contribution is 0.697. The Morgan fingerprint density at radius 1 is 1.75 bits per heavy atom. The summed E-state index contributed by atoms with van der Waals surface area (Å²) in [5, 5.41) is 3.19. The van der Waals surface area contributed by atoms with E-state index in [0.29, 0.717) is 0 Å². The molecule has 0 aromatic carbocycles. The van der Waals surface area contributed by atoms with Crippen LogP contribution in [0, 0.1) is 4.78 Å². The quantitative estimate of drug-likeness (QED) is 0.523. The van der Waals surface area contributed by atoms with Crippen molar-refractivity contribution in [1.82, 2.24) is 5.32 Å². The first-order chi connectivity index (χ1) is 3.91. The smallest absolute Gasteiger partial charge is 0.196 e. The van der Waals surface area contributed by atoms with E-state index in [1.54, 1.807) is 0 Å². The number of hydrogen-bond donors (Lipinski definition) is 2. The zero-order valence-electron chi connectivity index (χ0n) is 4.35. The third-order valence-corrected chi connectivity index (χ3v) is 1.53. The van der Waals surface area contributed by atoms with Crippen LogP contribution in [0.2, 0.25) is 0 Å². The van der Waals surface area contributed by atoms with Gasteiger partial charge in [0.2, 0.25) is 0 Å². The summed E-state index contributed by atoms with van der Waals surface area (Å²) in [6, 6.07) is 0. The largest absolute Gasteiger partial charge is 0.307 e. The fraction of sp³-hybridized carbons (Fsp3) is 1.00. The van der Waals surface area contributed by atoms with Crippen LogP contribution in [-0.4, -0.2) is 22.4 Å². The summed E-state index contributed by atoms with van der Waals surface area (Å²) in [5.41, 5.74) is 0. The fourth-order valence-corrected chi connectivity index (χ4v) is 1.08. The van der Waals surface area contributed by atoms with E-state index >= 15 is 0 Å². The molecule has 1 aliphatic rings. The average molecular weight is 152 g/mol. The van der Waals surface area contributed by atoms with Gasteiger partial charge in [-0.25, -0.2) is 4.78 Å². The number of nitrogens with one attached hydrogen (secondary N) is 2. The van der Waals surface area contributed by atoms with Crippen LogP contribution in [0.1, 0.15) is 0 Å². The van der Waals surface area contributed by atoms with E-state index in [1.165, 1.54) is 18.2 Å². The van der Waals surface area contributed by atoms with Crippen molar-refractivity contribution in [3.8, 4) is 0 Å². The van der Waals surface area contributed by atoms with Crippen LogP contribution in [0.4, 0.5) is 0 Å². The first-order valence-corrected chi connectivity index (χ1v) is 4.05. The van der Waals surface area contributed by atoms with Crippen molar-refractivity contribution in [2.75, 3.05) is 18.2 Å². The third kappa shape index (κ3) is 6.13. The molecule has 0 aromatic heterocycles. The Kier molecular flexibility index (Phi) is 7.25. The summed E-state index contributed by atoms with van der Waals surface area (Å²) in [6.07, 6.45) is 0. The molecular weight excluding hydrogens is 144 g/mol. The highest BCUT2D eigenvalue weighted by molar-refractivity contribution is 7.99. The monoisotopic (exact) mass is 152 g/mol. The molecule has 1 rings (SSSR count). The molecule has 1 aliphatic heterocycles. The first-order valence-electron chi connectivity index (χ1n) is 2.16. The van der Waals surface area contributed by atoms with Crippen LogP contribution in [0.3, 0.4) is 0 Å². The molecule has 0 unspecified atom stereocenters. The normalized spacial score (nSPS) is 16.5. The molecule has 0 radical (unpaired) electrons. The molecule has 0 bridgehead atoms. The Bertz CT molecular complexity index is 69.7. The van der Waals surface area contributed by atoms with Crippen LogP contribution in [0.15, 0.2) is 0 Å². The summed E-state index contributed by atoms with van der Waals surface area (Å²) in [4.78, 5) is 0. The molecule has 0 atom stereocenters. The van der Waals surface area contributed by atoms with Crippen molar-refractivity contribution in [1.29, 1.82) is 4.78 Å². The van der Waals surface area contributed by atoms with E-state index in [9.17, 15) is 0 Å². The molecule has 5 heteroatoms. The summed E-state index contributed by atoms with van der Waals surface area (Å²) in [5.74, 6) is 2.47. The van der Waals surface area contributed by atoms with Gasteiger partial charge in [0, 0.05) is 18.2 Å². The molecule has 1 fully saturated rings. The Morgan fingerprint density at radius 2 is 2.38 bits per heavy atom. The zero-order valence-corrected chi connectivity index (χ0v) is 5.98. The summed E-state index contributed by atoms with van der Waals surface area (Å²) < 4.78 is 14.1. The highest BCUT2D eigenvalue weighted by atomic mass is 32.2. The molecule has 1 heterocycles. The number of rotatable bonds is 0. The Hall–Kier alpha value is 0.130. The van der Waals surface area contributed by atoms with Gasteiger partial charge in [-0.05, 0) is 0 Å². The lowest BCUT2D eigenvalue weighted by atomic mass is 10.8. The van der Waals surface area contributed by atoms with E-state index in [4.69, 9.17) is 8.99 Å². The van der Waals surface area contributed by atoms with Gasteiger partial charge in [-0.2, -0.15) is 4.21 Å². The Balaban J connectivity index is 0.000000145. The Labute approximate surface area is 56.3 Å². The second-order valence-corrected chi connectivity index (χ2v) is 2.41. The second-order valence-electron chi connectivity index (χ2n) is 1.14. The zero-order chi connectivity index (χ0) is 6.24. The van der Waals surface area contributed by atoms with Gasteiger partial charge in [0.25, 0.3) is 0 Å². The predicted molar refractivity (Wildman–Crippen MR) is 36.2 cm³/mol. The maximum atomic E-state index is 8.51. The maximum Gasteiger partial charge on any atom is 0.196 e. The lowest BCUT2D eigenvalue weighted by Crippen LogP contribution is -2.04. The summed E-state index contributed by atoms with van der Waals surface area (Å²) >= 11 is 1.71. The van der Waals surface area contributed by atoms with Gasteiger partial charge in [0.05, 0.1) is 0 Å². The molecule has 0 amide bonds. The van der Waals surface area contributed by atoms with Crippen LogP contribution < -0.4 is 5.32 Å². The van der Waals surface area contributed by atoms with Gasteiger partial charge in [0.1, 0.15) is 0 Å². The molecule has 0 aromatic rings. The van der Waals surface area contributed by atoms with Crippen molar-refractivity contribution in [3.63, 3.8) is 0 Å². The summed E-state index contributed by atoms with van der Waals surface area (Å²) in [6.45, 7) is 1.21. The molecule has 48 valence electrons. The van der Waals surface area contributed by atoms with Crippen molar-refractivity contribution in [2.24, 2.45) is 0 Å². The highest BCUT2D eigenvalue weighted by Gasteiger charge is 1.93. The molecule has 0 aliphatic carbocycles. The molecule has 0 saturated carbocycles. The van der Waals surface area contributed by atoms with Gasteiger partial charge >= 0.3 is 0 Å². The minimum atomic E-state index is -0.250. The van der Waals surface area contributed by atoms with Crippen molar-refractivity contribution < 1.29 is 4.21 Å². The SMILES string of the molecule is C1CSCN1.N=S=O. The first kappa shape index (κ1) is 8.13. The highest BCUT2D eigenvalue weighted by Crippen LogP contribution is 1.99. The minimum Gasteiger partial charge on any atom is -0.307 e. The fourth-order valence-electron chi connectivity index (χ4n) is 0.361. The summed E-state index contributed by atoms with van der Waals surface area (Å²) in [7, 11) is 0. The third-order valence-electron chi connectivity index (χ3n) is 0.627. The standard InChI is InChI=1S/C3H7NS.HNOS/c1-2-5-3-4-1;1-3-2/h4H,1-3H2;1H. The molecule has 3 nitrogen and oxygen atoms in total. The lowest BCUT2D eigenvalue weighted by Gasteiger charge is -1.74. The van der Waals surface area contributed by atoms with Crippen molar-refractivity contribution >= 4 is 23.2 Å². The molecular formula is C3H8N2OS2. The molecule has 1 saturated heterocycles.